The van der Waals surface area contributed by atoms with E-state index in [1.165, 1.54) is 14.2 Å². The number of ether oxygens (including phenoxy) is 2. The molecule has 3 heteroatoms. The second-order valence-electron chi connectivity index (χ2n) is 2.90. The standard InChI is InChI=1S/C11H14O3/c1-13-11(14-2,8-9-12)10-6-4-3-5-7-10/h3-7,9H,8H2,1-2H3. The van der Waals surface area contributed by atoms with Crippen LogP contribution in [0.4, 0.5) is 0 Å². The molecule has 0 unspecified atom stereocenters. The van der Waals surface area contributed by atoms with Gasteiger partial charge in [0.2, 0.25) is 5.79 Å². The summed E-state index contributed by atoms with van der Waals surface area (Å²) in [6, 6.07) is 9.41. The largest absolute Gasteiger partial charge is 0.349 e. The van der Waals surface area contributed by atoms with Gasteiger partial charge in [-0.2, -0.15) is 0 Å². The number of carbonyl (C=O) groups is 1. The average molecular weight is 194 g/mol. The summed E-state index contributed by atoms with van der Waals surface area (Å²) in [4.78, 5) is 10.6. The minimum Gasteiger partial charge on any atom is -0.349 e. The normalized spacial score (nSPS) is 11.3. The monoisotopic (exact) mass is 194 g/mol. The van der Waals surface area contributed by atoms with Crippen molar-refractivity contribution in [3.05, 3.63) is 35.9 Å². The minimum atomic E-state index is -0.941. The van der Waals surface area contributed by atoms with Crippen LogP contribution < -0.4 is 0 Å². The molecule has 0 atom stereocenters. The van der Waals surface area contributed by atoms with Crippen molar-refractivity contribution in [3.8, 4) is 0 Å². The van der Waals surface area contributed by atoms with Crippen LogP contribution in [0.2, 0.25) is 0 Å². The number of benzene rings is 1. The van der Waals surface area contributed by atoms with Crippen molar-refractivity contribution in [2.24, 2.45) is 0 Å². The molecule has 0 fully saturated rings. The lowest BCUT2D eigenvalue weighted by atomic mass is 10.0. The van der Waals surface area contributed by atoms with Crippen LogP contribution in [0.1, 0.15) is 12.0 Å². The number of carbonyl (C=O) groups excluding carboxylic acids is 1. The van der Waals surface area contributed by atoms with Gasteiger partial charge in [-0.05, 0) is 0 Å². The van der Waals surface area contributed by atoms with E-state index in [9.17, 15) is 4.79 Å². The Morgan fingerprint density at radius 3 is 2.21 bits per heavy atom. The van der Waals surface area contributed by atoms with Gasteiger partial charge in [0, 0.05) is 19.8 Å². The molecular weight excluding hydrogens is 180 g/mol. The van der Waals surface area contributed by atoms with Crippen molar-refractivity contribution in [3.63, 3.8) is 0 Å². The lowest BCUT2D eigenvalue weighted by Gasteiger charge is -2.29. The first kappa shape index (κ1) is 10.9. The summed E-state index contributed by atoms with van der Waals surface area (Å²) in [6.07, 6.45) is 0.976. The van der Waals surface area contributed by atoms with Crippen molar-refractivity contribution >= 4 is 6.29 Å². The molecule has 0 saturated heterocycles. The highest BCUT2D eigenvalue weighted by molar-refractivity contribution is 5.52. The van der Waals surface area contributed by atoms with Crippen LogP contribution in [0.15, 0.2) is 30.3 Å². The number of rotatable bonds is 5. The van der Waals surface area contributed by atoms with Crippen molar-refractivity contribution in [1.82, 2.24) is 0 Å². The van der Waals surface area contributed by atoms with Crippen molar-refractivity contribution < 1.29 is 14.3 Å². The molecule has 3 nitrogen and oxygen atoms in total. The molecule has 76 valence electrons. The zero-order chi connectivity index (χ0) is 10.4. The van der Waals surface area contributed by atoms with Gasteiger partial charge >= 0.3 is 0 Å². The Morgan fingerprint density at radius 2 is 1.79 bits per heavy atom. The topological polar surface area (TPSA) is 35.5 Å². The number of hydrogen-bond donors (Lipinski definition) is 0. The Kier molecular flexibility index (Phi) is 3.80. The predicted molar refractivity (Wildman–Crippen MR) is 52.8 cm³/mol. The fourth-order valence-electron chi connectivity index (χ4n) is 1.41. The Labute approximate surface area is 83.6 Å². The molecule has 0 saturated carbocycles. The molecule has 0 aliphatic heterocycles. The summed E-state index contributed by atoms with van der Waals surface area (Å²) in [7, 11) is 3.06. The van der Waals surface area contributed by atoms with E-state index in [-0.39, 0.29) is 6.42 Å². The van der Waals surface area contributed by atoms with E-state index in [1.54, 1.807) is 0 Å². The lowest BCUT2D eigenvalue weighted by Crippen LogP contribution is -2.31. The molecule has 14 heavy (non-hydrogen) atoms. The molecule has 0 radical (unpaired) electrons. The van der Waals surface area contributed by atoms with Gasteiger partial charge in [-0.15, -0.1) is 0 Å². The number of methoxy groups -OCH3 is 2. The second kappa shape index (κ2) is 4.88. The molecule has 1 rings (SSSR count). The van der Waals surface area contributed by atoms with E-state index >= 15 is 0 Å². The maximum absolute atomic E-state index is 10.6. The predicted octanol–water partition coefficient (Wildman–Crippen LogP) is 1.72. The minimum absolute atomic E-state index is 0.185. The summed E-state index contributed by atoms with van der Waals surface area (Å²) in [6.45, 7) is 0. The summed E-state index contributed by atoms with van der Waals surface area (Å²) in [5.74, 6) is -0.941. The first-order valence-corrected chi connectivity index (χ1v) is 4.38. The van der Waals surface area contributed by atoms with Gasteiger partial charge in [0.05, 0.1) is 6.42 Å². The van der Waals surface area contributed by atoms with Crippen LogP contribution in [-0.2, 0) is 20.1 Å². The van der Waals surface area contributed by atoms with Crippen molar-refractivity contribution in [1.29, 1.82) is 0 Å². The Hall–Kier alpha value is -1.19. The van der Waals surface area contributed by atoms with E-state index in [4.69, 9.17) is 9.47 Å². The molecule has 0 N–H and O–H groups in total. The second-order valence-corrected chi connectivity index (χ2v) is 2.90. The average Bonchev–Trinajstić information content (AvgIpc) is 2.27. The van der Waals surface area contributed by atoms with E-state index in [0.29, 0.717) is 0 Å². The SMILES string of the molecule is COC(CC=O)(OC)c1ccccc1. The maximum Gasteiger partial charge on any atom is 0.201 e. The van der Waals surface area contributed by atoms with Crippen LogP contribution in [0.25, 0.3) is 0 Å². The Bertz CT molecular complexity index is 278. The molecule has 0 aliphatic carbocycles. The van der Waals surface area contributed by atoms with E-state index < -0.39 is 5.79 Å². The van der Waals surface area contributed by atoms with Crippen LogP contribution in [0, 0.1) is 0 Å². The Balaban J connectivity index is 3.03. The van der Waals surface area contributed by atoms with Crippen LogP contribution in [-0.4, -0.2) is 20.5 Å². The number of hydrogen-bond acceptors (Lipinski definition) is 3. The van der Waals surface area contributed by atoms with Crippen molar-refractivity contribution in [2.45, 2.75) is 12.2 Å². The van der Waals surface area contributed by atoms with Crippen LogP contribution in [0.5, 0.6) is 0 Å². The molecule has 0 bridgehead atoms. The first-order chi connectivity index (χ1) is 6.79. The van der Waals surface area contributed by atoms with E-state index in [1.807, 2.05) is 30.3 Å². The molecule has 1 aromatic rings. The van der Waals surface area contributed by atoms with Gasteiger partial charge in [-0.3, -0.25) is 0 Å². The molecule has 0 aliphatic rings. The fourth-order valence-corrected chi connectivity index (χ4v) is 1.41. The highest BCUT2D eigenvalue weighted by atomic mass is 16.7. The maximum atomic E-state index is 10.6. The zero-order valence-corrected chi connectivity index (χ0v) is 8.40. The summed E-state index contributed by atoms with van der Waals surface area (Å²) >= 11 is 0. The lowest BCUT2D eigenvalue weighted by molar-refractivity contribution is -0.216. The van der Waals surface area contributed by atoms with E-state index in [2.05, 4.69) is 0 Å². The molecular formula is C11H14O3. The number of aldehydes is 1. The fraction of sp³-hybridized carbons (Fsp3) is 0.364. The van der Waals surface area contributed by atoms with Gasteiger partial charge in [0.25, 0.3) is 0 Å². The quantitative estimate of drug-likeness (QED) is 0.529. The highest BCUT2D eigenvalue weighted by Crippen LogP contribution is 2.28. The van der Waals surface area contributed by atoms with E-state index in [0.717, 1.165) is 11.8 Å². The third-order valence-electron chi connectivity index (χ3n) is 2.23. The van der Waals surface area contributed by atoms with Gasteiger partial charge in [-0.25, -0.2) is 0 Å². The first-order valence-electron chi connectivity index (χ1n) is 4.38. The smallest absolute Gasteiger partial charge is 0.201 e. The summed E-state index contributed by atoms with van der Waals surface area (Å²) in [5, 5.41) is 0. The summed E-state index contributed by atoms with van der Waals surface area (Å²) < 4.78 is 10.5. The van der Waals surface area contributed by atoms with Gasteiger partial charge in [0.1, 0.15) is 6.29 Å². The third-order valence-corrected chi connectivity index (χ3v) is 2.23. The van der Waals surface area contributed by atoms with Crippen molar-refractivity contribution in [2.75, 3.05) is 14.2 Å². The van der Waals surface area contributed by atoms with Gasteiger partial charge in [0.15, 0.2) is 0 Å². The summed E-state index contributed by atoms with van der Waals surface area (Å²) in [5.41, 5.74) is 0.845. The third kappa shape index (κ3) is 2.00. The molecule has 0 heterocycles. The highest BCUT2D eigenvalue weighted by Gasteiger charge is 2.31. The molecule has 0 aromatic heterocycles. The van der Waals surface area contributed by atoms with Gasteiger partial charge < -0.3 is 14.3 Å². The zero-order valence-electron chi connectivity index (χ0n) is 8.40. The van der Waals surface area contributed by atoms with Gasteiger partial charge in [-0.1, -0.05) is 30.3 Å². The van der Waals surface area contributed by atoms with Crippen LogP contribution >= 0.6 is 0 Å². The Morgan fingerprint density at radius 1 is 1.21 bits per heavy atom. The molecule has 0 amide bonds. The molecule has 1 aromatic carbocycles. The molecule has 0 spiro atoms. The van der Waals surface area contributed by atoms with Crippen LogP contribution in [0.3, 0.4) is 0 Å².